The Balaban J connectivity index is 1.31. The Morgan fingerprint density at radius 3 is 2.26 bits per heavy atom. The molecule has 0 N–H and O–H groups in total. The zero-order chi connectivity index (χ0) is 30.5. The quantitative estimate of drug-likeness (QED) is 0.205. The molecule has 0 bridgehead atoms. The molecule has 218 valence electrons. The zero-order valence-electron chi connectivity index (χ0n) is 26.7. The third-order valence-electron chi connectivity index (χ3n) is 10.1. The van der Waals surface area contributed by atoms with Gasteiger partial charge in [0.15, 0.2) is 5.71 Å². The minimum atomic E-state index is -0.107. The summed E-state index contributed by atoms with van der Waals surface area (Å²) in [7, 11) is 2.19. The SMILES string of the molecule is C/C(=C\C=C1/CCCC(/C=C/C2=[N+](C)c3ccc4ccccc4c3C2(C)C)=C1Cl)C(C)(C)c1c(C)ccc2ccccc12. The van der Waals surface area contributed by atoms with E-state index in [9.17, 15) is 0 Å². The Labute approximate surface area is 262 Å². The highest BCUT2D eigenvalue weighted by atomic mass is 35.5. The van der Waals surface area contributed by atoms with E-state index in [4.69, 9.17) is 11.6 Å². The molecule has 1 heterocycles. The van der Waals surface area contributed by atoms with Gasteiger partial charge in [0.2, 0.25) is 5.69 Å². The Kier molecular flexibility index (Phi) is 7.59. The van der Waals surface area contributed by atoms with E-state index in [1.165, 1.54) is 66.4 Å². The van der Waals surface area contributed by atoms with Gasteiger partial charge >= 0.3 is 0 Å². The first-order chi connectivity index (χ1) is 20.5. The third kappa shape index (κ3) is 5.02. The van der Waals surface area contributed by atoms with Crippen LogP contribution in [0.25, 0.3) is 21.5 Å². The molecular weight excluding hydrogens is 542 g/mol. The van der Waals surface area contributed by atoms with Gasteiger partial charge in [-0.25, -0.2) is 0 Å². The van der Waals surface area contributed by atoms with E-state index in [1.54, 1.807) is 0 Å². The van der Waals surface area contributed by atoms with E-state index in [1.807, 2.05) is 0 Å². The maximum atomic E-state index is 7.13. The molecule has 4 aromatic rings. The summed E-state index contributed by atoms with van der Waals surface area (Å²) in [5, 5.41) is 6.17. The van der Waals surface area contributed by atoms with Gasteiger partial charge in [-0.1, -0.05) is 110 Å². The van der Waals surface area contributed by atoms with Crippen molar-refractivity contribution in [2.24, 2.45) is 0 Å². The predicted octanol–water partition coefficient (Wildman–Crippen LogP) is 11.4. The van der Waals surface area contributed by atoms with E-state index in [-0.39, 0.29) is 10.8 Å². The van der Waals surface area contributed by atoms with Crippen molar-refractivity contribution in [1.29, 1.82) is 0 Å². The topological polar surface area (TPSA) is 3.01 Å². The second-order valence-electron chi connectivity index (χ2n) is 13.4. The van der Waals surface area contributed by atoms with Crippen molar-refractivity contribution in [3.8, 4) is 0 Å². The molecule has 0 fully saturated rings. The van der Waals surface area contributed by atoms with Crippen molar-refractivity contribution >= 4 is 44.5 Å². The number of benzene rings is 4. The van der Waals surface area contributed by atoms with Crippen LogP contribution >= 0.6 is 11.6 Å². The van der Waals surface area contributed by atoms with E-state index in [0.717, 1.165) is 24.3 Å². The highest BCUT2D eigenvalue weighted by Gasteiger charge is 2.44. The highest BCUT2D eigenvalue weighted by molar-refractivity contribution is 6.32. The van der Waals surface area contributed by atoms with Crippen LogP contribution < -0.4 is 0 Å². The van der Waals surface area contributed by atoms with Gasteiger partial charge in [0.05, 0.1) is 5.41 Å². The molecule has 6 rings (SSSR count). The second-order valence-corrected chi connectivity index (χ2v) is 13.8. The van der Waals surface area contributed by atoms with Gasteiger partial charge in [-0.3, -0.25) is 0 Å². The Morgan fingerprint density at radius 1 is 0.860 bits per heavy atom. The first-order valence-electron chi connectivity index (χ1n) is 15.6. The average molecular weight is 585 g/mol. The molecule has 1 aliphatic heterocycles. The van der Waals surface area contributed by atoms with Crippen LogP contribution in [0.2, 0.25) is 0 Å². The Bertz CT molecular complexity index is 1920. The van der Waals surface area contributed by atoms with Crippen LogP contribution in [0.1, 0.15) is 70.6 Å². The van der Waals surface area contributed by atoms with Crippen LogP contribution in [0.5, 0.6) is 0 Å². The molecule has 0 saturated carbocycles. The molecule has 0 unspecified atom stereocenters. The number of hydrogen-bond donors (Lipinski definition) is 0. The third-order valence-corrected chi connectivity index (χ3v) is 10.6. The molecule has 0 aromatic heterocycles. The summed E-state index contributed by atoms with van der Waals surface area (Å²) >= 11 is 7.13. The predicted molar refractivity (Wildman–Crippen MR) is 187 cm³/mol. The van der Waals surface area contributed by atoms with Crippen molar-refractivity contribution in [3.05, 3.63) is 136 Å². The lowest BCUT2D eigenvalue weighted by Gasteiger charge is -2.30. The molecule has 0 amide bonds. The van der Waals surface area contributed by atoms with Crippen molar-refractivity contribution in [3.63, 3.8) is 0 Å². The fourth-order valence-electron chi connectivity index (χ4n) is 7.42. The number of aryl methyl sites for hydroxylation is 1. The molecule has 43 heavy (non-hydrogen) atoms. The zero-order valence-corrected chi connectivity index (χ0v) is 27.4. The summed E-state index contributed by atoms with van der Waals surface area (Å²) < 4.78 is 2.36. The summed E-state index contributed by atoms with van der Waals surface area (Å²) in [5.74, 6) is 0. The normalized spacial score (nSPS) is 18.5. The van der Waals surface area contributed by atoms with Crippen molar-refractivity contribution in [1.82, 2.24) is 0 Å². The molecule has 0 saturated heterocycles. The lowest BCUT2D eigenvalue weighted by Crippen LogP contribution is -2.27. The smallest absolute Gasteiger partial charge is 0.198 e. The molecular formula is C41H43ClN+. The number of nitrogens with zero attached hydrogens (tertiary/aromatic N) is 1. The molecule has 1 nitrogen and oxygen atoms in total. The first kappa shape index (κ1) is 29.4. The molecule has 0 spiro atoms. The average Bonchev–Trinajstić information content (AvgIpc) is 3.19. The van der Waals surface area contributed by atoms with Crippen LogP contribution in [0, 0.1) is 6.92 Å². The van der Waals surface area contributed by atoms with E-state index in [0.29, 0.717) is 0 Å². The van der Waals surface area contributed by atoms with Gasteiger partial charge in [0.1, 0.15) is 7.05 Å². The van der Waals surface area contributed by atoms with Gasteiger partial charge < -0.3 is 0 Å². The standard InChI is InChI=1S/C41H43ClN/c1-27-19-21-29-13-8-10-17-33(29)37(27)40(3,4)28(2)20-22-31-15-12-16-32(39(31)42)24-26-36-41(5,6)38-34-18-11-9-14-30(34)23-25-35(38)43(36)7/h8-11,13-14,17-26H,12,15-16H2,1-7H3/q+1/b26-24+,28-20+,31-22+. The molecule has 0 atom stereocenters. The lowest BCUT2D eigenvalue weighted by molar-refractivity contribution is -0.401. The minimum Gasteiger partial charge on any atom is -0.198 e. The van der Waals surface area contributed by atoms with Crippen LogP contribution in [-0.4, -0.2) is 17.3 Å². The fourth-order valence-corrected chi connectivity index (χ4v) is 7.74. The summed E-state index contributed by atoms with van der Waals surface area (Å²) in [5.41, 5.74) is 10.3. The number of halogens is 1. The Hall–Kier alpha value is -3.68. The summed E-state index contributed by atoms with van der Waals surface area (Å²) in [6, 6.07) is 26.5. The van der Waals surface area contributed by atoms with Gasteiger partial charge in [-0.05, 0) is 96.8 Å². The number of fused-ring (bicyclic) bond motifs is 4. The summed E-state index contributed by atoms with van der Waals surface area (Å²) in [4.78, 5) is 0. The van der Waals surface area contributed by atoms with Gasteiger partial charge in [0, 0.05) is 28.2 Å². The minimum absolute atomic E-state index is 0.104. The molecule has 4 aromatic carbocycles. The van der Waals surface area contributed by atoms with Gasteiger partial charge in [-0.15, -0.1) is 0 Å². The van der Waals surface area contributed by atoms with Crippen LogP contribution in [0.3, 0.4) is 0 Å². The van der Waals surface area contributed by atoms with Gasteiger partial charge in [-0.2, -0.15) is 4.58 Å². The molecule has 2 heteroatoms. The van der Waals surface area contributed by atoms with Crippen molar-refractivity contribution in [2.75, 3.05) is 7.05 Å². The first-order valence-corrected chi connectivity index (χ1v) is 16.0. The van der Waals surface area contributed by atoms with Crippen molar-refractivity contribution < 1.29 is 4.58 Å². The van der Waals surface area contributed by atoms with Crippen molar-refractivity contribution in [2.45, 2.75) is 71.6 Å². The monoisotopic (exact) mass is 584 g/mol. The lowest BCUT2D eigenvalue weighted by atomic mass is 9.74. The Morgan fingerprint density at radius 2 is 1.51 bits per heavy atom. The summed E-state index contributed by atoms with van der Waals surface area (Å²) in [6.07, 6.45) is 12.3. The highest BCUT2D eigenvalue weighted by Crippen LogP contribution is 2.44. The maximum absolute atomic E-state index is 7.13. The molecule has 0 radical (unpaired) electrons. The van der Waals surface area contributed by atoms with Crippen LogP contribution in [0.4, 0.5) is 5.69 Å². The van der Waals surface area contributed by atoms with E-state index < -0.39 is 0 Å². The van der Waals surface area contributed by atoms with E-state index in [2.05, 4.69) is 150 Å². The van der Waals surface area contributed by atoms with E-state index >= 15 is 0 Å². The largest absolute Gasteiger partial charge is 0.210 e. The summed E-state index contributed by atoms with van der Waals surface area (Å²) in [6.45, 7) is 13.9. The number of hydrogen-bond acceptors (Lipinski definition) is 0. The number of rotatable bonds is 5. The van der Waals surface area contributed by atoms with Crippen LogP contribution in [-0.2, 0) is 10.8 Å². The number of allylic oxidation sites excluding steroid dienone is 8. The van der Waals surface area contributed by atoms with Crippen LogP contribution in [0.15, 0.2) is 119 Å². The fraction of sp³-hybridized carbons (Fsp3) is 0.293. The van der Waals surface area contributed by atoms with Gasteiger partial charge in [0.25, 0.3) is 0 Å². The molecule has 2 aliphatic rings. The second kappa shape index (κ2) is 11.1. The molecule has 1 aliphatic carbocycles. The maximum Gasteiger partial charge on any atom is 0.210 e.